The number of benzene rings is 2. The number of Topliss-reactive ketones (excluding diaryl/α,β-unsaturated/α-hetero) is 1. The Kier molecular flexibility index (Phi) is 5.27. The highest BCUT2D eigenvalue weighted by Gasteiger charge is 2.47. The third-order valence-corrected chi connectivity index (χ3v) is 5.37. The summed E-state index contributed by atoms with van der Waals surface area (Å²) in [6.07, 6.45) is 4.95. The standard InChI is InChI=1S/C23H18FNO5/c24-16-9-5-14(6-10-16)20(26)13-30-23(29)15-7-11-17(12-8-15)25-21(27)18-3-1-2-4-19(18)22(25)28/h1-2,5-12,18-19H,3-4,13H2/t18-,19-/m0/s1. The number of ketones is 1. The molecule has 2 aromatic rings. The molecule has 0 radical (unpaired) electrons. The molecule has 1 fully saturated rings. The molecule has 1 heterocycles. The van der Waals surface area contributed by atoms with E-state index in [1.165, 1.54) is 41.3 Å². The molecule has 30 heavy (non-hydrogen) atoms. The summed E-state index contributed by atoms with van der Waals surface area (Å²) >= 11 is 0. The van der Waals surface area contributed by atoms with Crippen LogP contribution in [0.15, 0.2) is 60.7 Å². The second-order valence-corrected chi connectivity index (χ2v) is 7.22. The molecule has 1 aliphatic carbocycles. The van der Waals surface area contributed by atoms with E-state index < -0.39 is 24.2 Å². The van der Waals surface area contributed by atoms with Gasteiger partial charge in [0.1, 0.15) is 5.82 Å². The zero-order valence-corrected chi connectivity index (χ0v) is 15.9. The second-order valence-electron chi connectivity index (χ2n) is 7.22. The number of esters is 1. The van der Waals surface area contributed by atoms with Crippen LogP contribution in [0.25, 0.3) is 0 Å². The van der Waals surface area contributed by atoms with Crippen LogP contribution in [0.2, 0.25) is 0 Å². The van der Waals surface area contributed by atoms with Crippen LogP contribution in [0.5, 0.6) is 0 Å². The first-order valence-corrected chi connectivity index (χ1v) is 9.54. The quantitative estimate of drug-likeness (QED) is 0.329. The Bertz CT molecular complexity index is 1020. The van der Waals surface area contributed by atoms with Crippen molar-refractivity contribution in [2.75, 3.05) is 11.5 Å². The predicted molar refractivity (Wildman–Crippen MR) is 105 cm³/mol. The molecule has 0 spiro atoms. The lowest BCUT2D eigenvalue weighted by atomic mass is 9.85. The summed E-state index contributed by atoms with van der Waals surface area (Å²) < 4.78 is 17.9. The van der Waals surface area contributed by atoms with Crippen molar-refractivity contribution >= 4 is 29.3 Å². The largest absolute Gasteiger partial charge is 0.454 e. The summed E-state index contributed by atoms with van der Waals surface area (Å²) in [7, 11) is 0. The Morgan fingerprint density at radius 1 is 0.867 bits per heavy atom. The Balaban J connectivity index is 1.40. The number of allylic oxidation sites excluding steroid dienone is 2. The van der Waals surface area contributed by atoms with Gasteiger partial charge in [-0.1, -0.05) is 12.2 Å². The van der Waals surface area contributed by atoms with Gasteiger partial charge in [-0.15, -0.1) is 0 Å². The molecule has 6 nitrogen and oxygen atoms in total. The maximum Gasteiger partial charge on any atom is 0.338 e. The normalized spacial score (nSPS) is 20.2. The van der Waals surface area contributed by atoms with Gasteiger partial charge in [-0.3, -0.25) is 19.3 Å². The molecule has 2 aliphatic rings. The Hall–Kier alpha value is -3.61. The number of imide groups is 1. The lowest BCUT2D eigenvalue weighted by molar-refractivity contribution is -0.122. The topological polar surface area (TPSA) is 80.8 Å². The van der Waals surface area contributed by atoms with Crippen LogP contribution in [0.3, 0.4) is 0 Å². The van der Waals surface area contributed by atoms with E-state index >= 15 is 0 Å². The van der Waals surface area contributed by atoms with Gasteiger partial charge >= 0.3 is 5.97 Å². The minimum atomic E-state index is -0.714. The smallest absolute Gasteiger partial charge is 0.338 e. The zero-order chi connectivity index (χ0) is 21.3. The number of hydrogen-bond acceptors (Lipinski definition) is 5. The van der Waals surface area contributed by atoms with Crippen molar-refractivity contribution in [1.82, 2.24) is 0 Å². The number of hydrogen-bond donors (Lipinski definition) is 0. The molecular weight excluding hydrogens is 389 g/mol. The maximum absolute atomic E-state index is 12.9. The third-order valence-electron chi connectivity index (χ3n) is 5.37. The van der Waals surface area contributed by atoms with Gasteiger partial charge in [-0.05, 0) is 61.4 Å². The average Bonchev–Trinajstić information content (AvgIpc) is 3.03. The fourth-order valence-corrected chi connectivity index (χ4v) is 3.73. The summed E-state index contributed by atoms with van der Waals surface area (Å²) in [4.78, 5) is 50.7. The van der Waals surface area contributed by atoms with Gasteiger partial charge < -0.3 is 4.74 Å². The van der Waals surface area contributed by atoms with Crippen molar-refractivity contribution in [3.63, 3.8) is 0 Å². The highest BCUT2D eigenvalue weighted by atomic mass is 19.1. The summed E-state index contributed by atoms with van der Waals surface area (Å²) in [6.45, 7) is -0.480. The first kappa shape index (κ1) is 19.7. The van der Waals surface area contributed by atoms with Gasteiger partial charge in [0.05, 0.1) is 23.1 Å². The number of anilines is 1. The van der Waals surface area contributed by atoms with E-state index in [2.05, 4.69) is 0 Å². The molecule has 2 aromatic carbocycles. The third kappa shape index (κ3) is 3.66. The van der Waals surface area contributed by atoms with E-state index in [9.17, 15) is 23.6 Å². The summed E-state index contributed by atoms with van der Waals surface area (Å²) in [5.74, 6) is -2.74. The van der Waals surface area contributed by atoms with Gasteiger partial charge in [0.25, 0.3) is 0 Å². The van der Waals surface area contributed by atoms with Crippen LogP contribution >= 0.6 is 0 Å². The van der Waals surface area contributed by atoms with Crippen LogP contribution in [-0.2, 0) is 14.3 Å². The van der Waals surface area contributed by atoms with E-state index in [1.54, 1.807) is 0 Å². The molecule has 0 N–H and O–H groups in total. The van der Waals surface area contributed by atoms with Gasteiger partial charge in [-0.25, -0.2) is 9.18 Å². The van der Waals surface area contributed by atoms with Gasteiger partial charge in [0.15, 0.2) is 12.4 Å². The Labute approximate surface area is 171 Å². The SMILES string of the molecule is O=C(COC(=O)c1ccc(N2C(=O)[C@H]3CC=CC[C@@H]3C2=O)cc1)c1ccc(F)cc1. The van der Waals surface area contributed by atoms with Crippen molar-refractivity contribution in [3.8, 4) is 0 Å². The predicted octanol–water partition coefficient (Wildman–Crippen LogP) is 3.32. The van der Waals surface area contributed by atoms with E-state index in [0.29, 0.717) is 18.5 Å². The van der Waals surface area contributed by atoms with Crippen molar-refractivity contribution in [3.05, 3.63) is 77.6 Å². The highest BCUT2D eigenvalue weighted by molar-refractivity contribution is 6.22. The van der Waals surface area contributed by atoms with Crippen LogP contribution in [0, 0.1) is 17.7 Å². The molecule has 0 saturated carbocycles. The molecule has 4 rings (SSSR count). The minimum absolute atomic E-state index is 0.184. The first-order chi connectivity index (χ1) is 14.5. The zero-order valence-electron chi connectivity index (χ0n) is 15.9. The molecule has 1 saturated heterocycles. The summed E-state index contributed by atoms with van der Waals surface area (Å²) in [5.41, 5.74) is 0.823. The fourth-order valence-electron chi connectivity index (χ4n) is 3.73. The molecular formula is C23H18FNO5. The first-order valence-electron chi connectivity index (χ1n) is 9.54. The average molecular weight is 407 g/mol. The number of halogens is 1. The van der Waals surface area contributed by atoms with E-state index in [0.717, 1.165) is 12.1 Å². The number of amides is 2. The number of nitrogens with zero attached hydrogens (tertiary/aromatic N) is 1. The van der Waals surface area contributed by atoms with Crippen molar-refractivity contribution in [2.24, 2.45) is 11.8 Å². The van der Waals surface area contributed by atoms with Crippen LogP contribution in [-0.4, -0.2) is 30.2 Å². The van der Waals surface area contributed by atoms with Gasteiger partial charge in [0.2, 0.25) is 11.8 Å². The highest BCUT2D eigenvalue weighted by Crippen LogP contribution is 2.37. The number of carbonyl (C=O) groups is 4. The minimum Gasteiger partial charge on any atom is -0.454 e. The number of carbonyl (C=O) groups excluding carboxylic acids is 4. The Morgan fingerprint density at radius 2 is 1.40 bits per heavy atom. The molecule has 0 unspecified atom stereocenters. The number of rotatable bonds is 5. The lowest BCUT2D eigenvalue weighted by Crippen LogP contribution is -2.30. The van der Waals surface area contributed by atoms with Gasteiger partial charge in [-0.2, -0.15) is 0 Å². The molecule has 0 bridgehead atoms. The second kappa shape index (κ2) is 8.02. The van der Waals surface area contributed by atoms with Gasteiger partial charge in [0, 0.05) is 5.56 Å². The van der Waals surface area contributed by atoms with Crippen molar-refractivity contribution in [1.29, 1.82) is 0 Å². The van der Waals surface area contributed by atoms with E-state index in [4.69, 9.17) is 4.74 Å². The fraction of sp³-hybridized carbons (Fsp3) is 0.217. The molecule has 1 aliphatic heterocycles. The van der Waals surface area contributed by atoms with E-state index in [-0.39, 0.29) is 34.8 Å². The monoisotopic (exact) mass is 407 g/mol. The molecule has 7 heteroatoms. The number of ether oxygens (including phenoxy) is 1. The van der Waals surface area contributed by atoms with Crippen molar-refractivity contribution in [2.45, 2.75) is 12.8 Å². The van der Waals surface area contributed by atoms with Crippen LogP contribution < -0.4 is 4.90 Å². The van der Waals surface area contributed by atoms with Crippen LogP contribution in [0.4, 0.5) is 10.1 Å². The maximum atomic E-state index is 12.9. The lowest BCUT2D eigenvalue weighted by Gasteiger charge is -2.15. The number of fused-ring (bicyclic) bond motifs is 1. The van der Waals surface area contributed by atoms with E-state index in [1.807, 2.05) is 12.2 Å². The van der Waals surface area contributed by atoms with Crippen molar-refractivity contribution < 1.29 is 28.3 Å². The van der Waals surface area contributed by atoms with Crippen LogP contribution in [0.1, 0.15) is 33.6 Å². The molecule has 152 valence electrons. The Morgan fingerprint density at radius 3 is 1.97 bits per heavy atom. The summed E-state index contributed by atoms with van der Waals surface area (Å²) in [6, 6.07) is 10.9. The molecule has 2 amide bonds. The summed E-state index contributed by atoms with van der Waals surface area (Å²) in [5, 5.41) is 0. The molecule has 0 aromatic heterocycles. The molecule has 2 atom stereocenters.